The number of aryl methyl sites for hydroxylation is 1. The normalized spacial score (nSPS) is 14.3. The average molecular weight is 526 g/mol. The van der Waals surface area contributed by atoms with Crippen molar-refractivity contribution < 1.29 is 14.2 Å². The number of methoxy groups -OCH3 is 2. The standard InChI is InChI=1S/C31H33N3O3.C2H6/c1-22-32-15-16-34(22)20-26-17-23(10-12-29(26)35-2)9-11-28-27-19-30(36-3)31(18-25(27)13-14-33-28)37-21-24-7-5-4-6-8-24;1-2/h4-12,15-19,28,33H,13-14,20-21H2,1-3H3;1-2H3/b11-9+;. The van der Waals surface area contributed by atoms with Crippen LogP contribution in [-0.4, -0.2) is 30.3 Å². The predicted octanol–water partition coefficient (Wildman–Crippen LogP) is 6.76. The van der Waals surface area contributed by atoms with Crippen LogP contribution in [0.4, 0.5) is 0 Å². The van der Waals surface area contributed by atoms with Crippen LogP contribution in [0.25, 0.3) is 6.08 Å². The third-order valence-electron chi connectivity index (χ3n) is 6.81. The maximum Gasteiger partial charge on any atom is 0.161 e. The van der Waals surface area contributed by atoms with Gasteiger partial charge in [0, 0.05) is 24.5 Å². The SMILES string of the molecule is CC.COc1ccc(/C=C/C2NCCc3cc(OCc4ccccc4)c(OC)cc32)cc1Cn1ccnc1C. The van der Waals surface area contributed by atoms with Crippen molar-refractivity contribution in [2.75, 3.05) is 20.8 Å². The second kappa shape index (κ2) is 13.7. The zero-order chi connectivity index (χ0) is 27.6. The van der Waals surface area contributed by atoms with Gasteiger partial charge in [-0.1, -0.05) is 62.4 Å². The van der Waals surface area contributed by atoms with E-state index in [1.54, 1.807) is 14.2 Å². The number of aromatic nitrogens is 2. The Kier molecular flexibility index (Phi) is 9.81. The average Bonchev–Trinajstić information content (AvgIpc) is 3.39. The summed E-state index contributed by atoms with van der Waals surface area (Å²) in [5.41, 5.74) is 5.87. The van der Waals surface area contributed by atoms with Crippen LogP contribution in [0.3, 0.4) is 0 Å². The van der Waals surface area contributed by atoms with E-state index in [1.165, 1.54) is 11.1 Å². The molecule has 0 aliphatic carbocycles. The van der Waals surface area contributed by atoms with Gasteiger partial charge in [0.25, 0.3) is 0 Å². The largest absolute Gasteiger partial charge is 0.496 e. The number of benzene rings is 3. The summed E-state index contributed by atoms with van der Waals surface area (Å²) in [6, 6.07) is 20.8. The van der Waals surface area contributed by atoms with Crippen LogP contribution in [0, 0.1) is 6.92 Å². The third-order valence-corrected chi connectivity index (χ3v) is 6.81. The molecule has 5 rings (SSSR count). The lowest BCUT2D eigenvalue weighted by Gasteiger charge is -2.26. The molecule has 204 valence electrons. The molecule has 3 aromatic carbocycles. The van der Waals surface area contributed by atoms with Crippen LogP contribution in [-0.2, 0) is 19.6 Å². The molecule has 0 radical (unpaired) electrons. The molecule has 0 bridgehead atoms. The first kappa shape index (κ1) is 28.0. The van der Waals surface area contributed by atoms with Gasteiger partial charge in [0.1, 0.15) is 18.2 Å². The zero-order valence-electron chi connectivity index (χ0n) is 23.6. The molecule has 0 amide bonds. The van der Waals surface area contributed by atoms with Gasteiger partial charge in [-0.25, -0.2) is 4.98 Å². The highest BCUT2D eigenvalue weighted by Gasteiger charge is 2.21. The number of imidazole rings is 1. The minimum atomic E-state index is 0.0854. The quantitative estimate of drug-likeness (QED) is 0.262. The van der Waals surface area contributed by atoms with E-state index in [0.29, 0.717) is 13.2 Å². The summed E-state index contributed by atoms with van der Waals surface area (Å²) >= 11 is 0. The summed E-state index contributed by atoms with van der Waals surface area (Å²) in [5.74, 6) is 3.38. The molecule has 6 nitrogen and oxygen atoms in total. The van der Waals surface area contributed by atoms with Crippen molar-refractivity contribution in [3.8, 4) is 17.2 Å². The van der Waals surface area contributed by atoms with Crippen molar-refractivity contribution in [2.24, 2.45) is 0 Å². The van der Waals surface area contributed by atoms with Crippen molar-refractivity contribution in [3.05, 3.63) is 113 Å². The fraction of sp³-hybridized carbons (Fsp3) is 0.303. The zero-order valence-corrected chi connectivity index (χ0v) is 23.6. The Morgan fingerprint density at radius 1 is 0.974 bits per heavy atom. The first-order valence-corrected chi connectivity index (χ1v) is 13.6. The Hall–Kier alpha value is -4.03. The van der Waals surface area contributed by atoms with E-state index in [4.69, 9.17) is 14.2 Å². The van der Waals surface area contributed by atoms with E-state index in [9.17, 15) is 0 Å². The molecule has 0 saturated heterocycles. The molecule has 39 heavy (non-hydrogen) atoms. The number of hydrogen-bond acceptors (Lipinski definition) is 5. The van der Waals surface area contributed by atoms with Gasteiger partial charge in [0.15, 0.2) is 11.5 Å². The predicted molar refractivity (Wildman–Crippen MR) is 158 cm³/mol. The molecule has 1 unspecified atom stereocenters. The summed E-state index contributed by atoms with van der Waals surface area (Å²) in [6.45, 7) is 8.13. The number of hydrogen-bond donors (Lipinski definition) is 1. The number of fused-ring (bicyclic) bond motifs is 1. The number of rotatable bonds is 9. The second-order valence-corrected chi connectivity index (χ2v) is 9.19. The summed E-state index contributed by atoms with van der Waals surface area (Å²) in [6.07, 6.45) is 9.15. The van der Waals surface area contributed by atoms with Crippen LogP contribution in [0.2, 0.25) is 0 Å². The van der Waals surface area contributed by atoms with Crippen molar-refractivity contribution in [3.63, 3.8) is 0 Å². The molecular formula is C33H39N3O3. The van der Waals surface area contributed by atoms with Crippen LogP contribution >= 0.6 is 0 Å². The van der Waals surface area contributed by atoms with Crippen molar-refractivity contribution in [1.82, 2.24) is 14.9 Å². The molecule has 1 aromatic heterocycles. The molecule has 0 fully saturated rings. The maximum atomic E-state index is 6.15. The number of nitrogens with zero attached hydrogens (tertiary/aromatic N) is 2. The Balaban J connectivity index is 0.00000172. The van der Waals surface area contributed by atoms with E-state index >= 15 is 0 Å². The molecule has 1 N–H and O–H groups in total. The summed E-state index contributed by atoms with van der Waals surface area (Å²) in [7, 11) is 3.41. The maximum absolute atomic E-state index is 6.15. The topological polar surface area (TPSA) is 57.5 Å². The molecule has 1 aliphatic heterocycles. The highest BCUT2D eigenvalue weighted by atomic mass is 16.5. The molecular weight excluding hydrogens is 486 g/mol. The van der Waals surface area contributed by atoms with Gasteiger partial charge in [-0.05, 0) is 59.9 Å². The monoisotopic (exact) mass is 525 g/mol. The van der Waals surface area contributed by atoms with E-state index in [0.717, 1.165) is 52.7 Å². The van der Waals surface area contributed by atoms with Gasteiger partial charge >= 0.3 is 0 Å². The Morgan fingerprint density at radius 2 is 1.77 bits per heavy atom. The van der Waals surface area contributed by atoms with Crippen molar-refractivity contribution in [1.29, 1.82) is 0 Å². The minimum absolute atomic E-state index is 0.0854. The lowest BCUT2D eigenvalue weighted by atomic mass is 9.93. The van der Waals surface area contributed by atoms with Crippen LogP contribution in [0.1, 0.15) is 53.5 Å². The van der Waals surface area contributed by atoms with Gasteiger partial charge < -0.3 is 24.1 Å². The van der Waals surface area contributed by atoms with E-state index in [-0.39, 0.29) is 6.04 Å². The van der Waals surface area contributed by atoms with Crippen LogP contribution < -0.4 is 19.5 Å². The second-order valence-electron chi connectivity index (χ2n) is 9.19. The fourth-order valence-electron chi connectivity index (χ4n) is 4.76. The minimum Gasteiger partial charge on any atom is -0.496 e. The molecule has 1 aliphatic rings. The Morgan fingerprint density at radius 3 is 2.49 bits per heavy atom. The first-order valence-electron chi connectivity index (χ1n) is 13.6. The van der Waals surface area contributed by atoms with Gasteiger partial charge in [-0.15, -0.1) is 0 Å². The lowest BCUT2D eigenvalue weighted by Crippen LogP contribution is -2.28. The Labute approximate surface area is 232 Å². The van der Waals surface area contributed by atoms with Gasteiger partial charge in [0.05, 0.1) is 26.8 Å². The van der Waals surface area contributed by atoms with Gasteiger partial charge in [-0.2, -0.15) is 0 Å². The fourth-order valence-corrected chi connectivity index (χ4v) is 4.76. The molecule has 0 spiro atoms. The van der Waals surface area contributed by atoms with E-state index < -0.39 is 0 Å². The van der Waals surface area contributed by atoms with Crippen molar-refractivity contribution >= 4 is 6.08 Å². The molecule has 2 heterocycles. The van der Waals surface area contributed by atoms with E-state index in [2.05, 4.69) is 63.4 Å². The van der Waals surface area contributed by atoms with Crippen LogP contribution in [0.5, 0.6) is 17.2 Å². The summed E-state index contributed by atoms with van der Waals surface area (Å²) in [4.78, 5) is 4.34. The molecule has 0 saturated carbocycles. The summed E-state index contributed by atoms with van der Waals surface area (Å²) < 4.78 is 19.6. The number of ether oxygens (including phenoxy) is 3. The van der Waals surface area contributed by atoms with Gasteiger partial charge in [0.2, 0.25) is 0 Å². The molecule has 1 atom stereocenters. The van der Waals surface area contributed by atoms with Crippen LogP contribution in [0.15, 0.2) is 79.1 Å². The Bertz CT molecular complexity index is 1380. The number of nitrogens with one attached hydrogen (secondary N) is 1. The smallest absolute Gasteiger partial charge is 0.161 e. The van der Waals surface area contributed by atoms with E-state index in [1.807, 2.05) is 57.4 Å². The molecule has 4 aromatic rings. The summed E-state index contributed by atoms with van der Waals surface area (Å²) in [5, 5.41) is 3.63. The lowest BCUT2D eigenvalue weighted by molar-refractivity contribution is 0.283. The highest BCUT2D eigenvalue weighted by Crippen LogP contribution is 2.36. The van der Waals surface area contributed by atoms with Crippen molar-refractivity contribution in [2.45, 2.75) is 46.4 Å². The van der Waals surface area contributed by atoms with Gasteiger partial charge in [-0.3, -0.25) is 0 Å². The first-order chi connectivity index (χ1) is 19.1. The molecule has 6 heteroatoms. The highest BCUT2D eigenvalue weighted by molar-refractivity contribution is 5.57. The third kappa shape index (κ3) is 6.89.